The normalized spacial score (nSPS) is 12.2. The zero-order chi connectivity index (χ0) is 14.4. The molecule has 1 heterocycles. The number of nitrogens with one attached hydrogen (secondary N) is 3. The first-order valence-electron chi connectivity index (χ1n) is 6.18. The number of aromatic amines is 1. The van der Waals surface area contributed by atoms with Gasteiger partial charge in [0.05, 0.1) is 4.92 Å². The van der Waals surface area contributed by atoms with E-state index in [1.54, 1.807) is 7.05 Å². The molecular formula is C11H19N5O3. The molecule has 0 fully saturated rings. The van der Waals surface area contributed by atoms with Gasteiger partial charge in [0.25, 0.3) is 5.91 Å². The van der Waals surface area contributed by atoms with Crippen molar-refractivity contribution in [3.63, 3.8) is 0 Å². The van der Waals surface area contributed by atoms with E-state index in [1.807, 2.05) is 13.8 Å². The smallest absolute Gasteiger partial charge is 0.322 e. The molecule has 0 aliphatic heterocycles. The van der Waals surface area contributed by atoms with Crippen LogP contribution in [-0.4, -0.2) is 40.7 Å². The van der Waals surface area contributed by atoms with Gasteiger partial charge in [-0.05, 0) is 20.4 Å². The minimum Gasteiger partial charge on any atom is -0.349 e. The fraction of sp³-hybridized carbons (Fsp3) is 0.636. The van der Waals surface area contributed by atoms with Crippen molar-refractivity contribution in [1.82, 2.24) is 20.8 Å². The third kappa shape index (κ3) is 3.75. The van der Waals surface area contributed by atoms with E-state index in [4.69, 9.17) is 0 Å². The number of aryl methyl sites for hydroxylation is 1. The second kappa shape index (κ2) is 6.83. The lowest BCUT2D eigenvalue weighted by Gasteiger charge is -2.10. The van der Waals surface area contributed by atoms with Crippen LogP contribution in [0.1, 0.15) is 36.5 Å². The number of hydrogen-bond acceptors (Lipinski definition) is 5. The quantitative estimate of drug-likeness (QED) is 0.495. The van der Waals surface area contributed by atoms with Gasteiger partial charge in [0.2, 0.25) is 5.69 Å². The fourth-order valence-electron chi connectivity index (χ4n) is 1.58. The summed E-state index contributed by atoms with van der Waals surface area (Å²) in [5.41, 5.74) is 0.00697. The van der Waals surface area contributed by atoms with Crippen molar-refractivity contribution >= 4 is 11.6 Å². The van der Waals surface area contributed by atoms with E-state index in [-0.39, 0.29) is 17.4 Å². The molecule has 1 amide bonds. The zero-order valence-electron chi connectivity index (χ0n) is 11.3. The third-order valence-corrected chi connectivity index (χ3v) is 2.77. The number of likely N-dealkylation sites (N-methyl/N-ethyl adjacent to an activating group) is 1. The average molecular weight is 269 g/mol. The first-order chi connectivity index (χ1) is 9.01. The number of carbonyl (C=O) groups is 1. The Morgan fingerprint density at radius 2 is 2.26 bits per heavy atom. The Bertz CT molecular complexity index is 457. The highest BCUT2D eigenvalue weighted by atomic mass is 16.6. The molecule has 19 heavy (non-hydrogen) atoms. The number of nitro groups is 1. The highest BCUT2D eigenvalue weighted by Crippen LogP contribution is 2.22. The standard InChI is InChI=1S/C11H19N5O3/c1-4-5-8-10(16(18)19)9(15-14-8)11(17)13-6-7(2)12-3/h7,12H,4-6H2,1-3H3,(H,13,17)(H,14,15). The Morgan fingerprint density at radius 1 is 1.58 bits per heavy atom. The van der Waals surface area contributed by atoms with Crippen molar-refractivity contribution in [3.8, 4) is 0 Å². The molecule has 0 aromatic carbocycles. The molecule has 1 rings (SSSR count). The van der Waals surface area contributed by atoms with Crippen LogP contribution in [0.4, 0.5) is 5.69 Å². The molecule has 1 aromatic rings. The summed E-state index contributed by atoms with van der Waals surface area (Å²) in [5.74, 6) is -0.535. The van der Waals surface area contributed by atoms with E-state index >= 15 is 0 Å². The maximum absolute atomic E-state index is 11.9. The van der Waals surface area contributed by atoms with Crippen molar-refractivity contribution in [2.75, 3.05) is 13.6 Å². The van der Waals surface area contributed by atoms with E-state index < -0.39 is 10.8 Å². The largest absolute Gasteiger partial charge is 0.349 e. The van der Waals surface area contributed by atoms with Gasteiger partial charge in [-0.2, -0.15) is 5.10 Å². The minimum atomic E-state index is -0.565. The Kier molecular flexibility index (Phi) is 5.43. The monoisotopic (exact) mass is 269 g/mol. The van der Waals surface area contributed by atoms with E-state index in [0.717, 1.165) is 6.42 Å². The molecule has 0 radical (unpaired) electrons. The molecule has 1 unspecified atom stereocenters. The predicted molar refractivity (Wildman–Crippen MR) is 70.1 cm³/mol. The molecule has 3 N–H and O–H groups in total. The summed E-state index contributed by atoms with van der Waals surface area (Å²) in [7, 11) is 1.77. The highest BCUT2D eigenvalue weighted by molar-refractivity contribution is 5.96. The molecule has 1 atom stereocenters. The van der Waals surface area contributed by atoms with E-state index in [1.165, 1.54) is 0 Å². The van der Waals surface area contributed by atoms with Gasteiger partial charge in [-0.15, -0.1) is 0 Å². The third-order valence-electron chi connectivity index (χ3n) is 2.77. The molecule has 0 spiro atoms. The molecule has 0 saturated carbocycles. The summed E-state index contributed by atoms with van der Waals surface area (Å²) in [4.78, 5) is 22.3. The maximum atomic E-state index is 11.9. The lowest BCUT2D eigenvalue weighted by Crippen LogP contribution is -2.37. The number of hydrogen-bond donors (Lipinski definition) is 3. The second-order valence-electron chi connectivity index (χ2n) is 4.31. The molecule has 106 valence electrons. The van der Waals surface area contributed by atoms with Gasteiger partial charge < -0.3 is 10.6 Å². The maximum Gasteiger partial charge on any atom is 0.322 e. The predicted octanol–water partition coefficient (Wildman–Crippen LogP) is 0.608. The van der Waals surface area contributed by atoms with Gasteiger partial charge in [-0.25, -0.2) is 0 Å². The van der Waals surface area contributed by atoms with Crippen LogP contribution in [0.25, 0.3) is 0 Å². The number of nitrogens with zero attached hydrogens (tertiary/aromatic N) is 2. The number of amides is 1. The zero-order valence-corrected chi connectivity index (χ0v) is 11.3. The SMILES string of the molecule is CCCc1[nH]nc(C(=O)NCC(C)NC)c1[N+](=O)[O-]. The fourth-order valence-corrected chi connectivity index (χ4v) is 1.58. The molecular weight excluding hydrogens is 250 g/mol. The minimum absolute atomic E-state index is 0.0806. The van der Waals surface area contributed by atoms with E-state index in [0.29, 0.717) is 18.7 Å². The van der Waals surface area contributed by atoms with Crippen LogP contribution < -0.4 is 10.6 Å². The van der Waals surface area contributed by atoms with Gasteiger partial charge in [-0.1, -0.05) is 13.3 Å². The summed E-state index contributed by atoms with van der Waals surface area (Å²) < 4.78 is 0. The van der Waals surface area contributed by atoms with Crippen LogP contribution in [0, 0.1) is 10.1 Å². The van der Waals surface area contributed by atoms with Crippen LogP contribution in [-0.2, 0) is 6.42 Å². The van der Waals surface area contributed by atoms with Crippen LogP contribution in [0.3, 0.4) is 0 Å². The average Bonchev–Trinajstić information content (AvgIpc) is 2.79. The molecule has 8 nitrogen and oxygen atoms in total. The first-order valence-corrected chi connectivity index (χ1v) is 6.18. The number of carbonyl (C=O) groups excluding carboxylic acids is 1. The molecule has 0 saturated heterocycles. The Labute approximate surface area is 111 Å². The van der Waals surface area contributed by atoms with E-state index in [9.17, 15) is 14.9 Å². The summed E-state index contributed by atoms with van der Waals surface area (Å²) in [5, 5.41) is 22.9. The summed E-state index contributed by atoms with van der Waals surface area (Å²) in [6, 6.07) is 0.0806. The van der Waals surface area contributed by atoms with Gasteiger partial charge >= 0.3 is 5.69 Å². The Hall–Kier alpha value is -1.96. The van der Waals surface area contributed by atoms with Crippen molar-refractivity contribution in [2.45, 2.75) is 32.7 Å². The van der Waals surface area contributed by atoms with Gasteiger partial charge in [0, 0.05) is 12.6 Å². The highest BCUT2D eigenvalue weighted by Gasteiger charge is 2.28. The Balaban J connectivity index is 2.87. The first kappa shape index (κ1) is 15.1. The summed E-state index contributed by atoms with van der Waals surface area (Å²) >= 11 is 0. The molecule has 0 aliphatic carbocycles. The van der Waals surface area contributed by atoms with Gasteiger partial charge in [0.1, 0.15) is 5.69 Å². The van der Waals surface area contributed by atoms with Crippen LogP contribution in [0.15, 0.2) is 0 Å². The molecule has 8 heteroatoms. The molecule has 0 aliphatic rings. The topological polar surface area (TPSA) is 113 Å². The Morgan fingerprint density at radius 3 is 2.79 bits per heavy atom. The van der Waals surface area contributed by atoms with Crippen molar-refractivity contribution in [2.24, 2.45) is 0 Å². The van der Waals surface area contributed by atoms with Crippen LogP contribution >= 0.6 is 0 Å². The lowest BCUT2D eigenvalue weighted by atomic mass is 10.2. The lowest BCUT2D eigenvalue weighted by molar-refractivity contribution is -0.385. The second-order valence-corrected chi connectivity index (χ2v) is 4.31. The number of H-pyrrole nitrogens is 1. The van der Waals surface area contributed by atoms with Gasteiger partial charge in [0.15, 0.2) is 0 Å². The molecule has 1 aromatic heterocycles. The van der Waals surface area contributed by atoms with Crippen molar-refractivity contribution < 1.29 is 9.72 Å². The van der Waals surface area contributed by atoms with Gasteiger partial charge in [-0.3, -0.25) is 20.0 Å². The van der Waals surface area contributed by atoms with E-state index in [2.05, 4.69) is 20.8 Å². The van der Waals surface area contributed by atoms with Crippen molar-refractivity contribution in [3.05, 3.63) is 21.5 Å². The van der Waals surface area contributed by atoms with Crippen molar-refractivity contribution in [1.29, 1.82) is 0 Å². The number of aromatic nitrogens is 2. The van der Waals surface area contributed by atoms with Crippen LogP contribution in [0.5, 0.6) is 0 Å². The summed E-state index contributed by atoms with van der Waals surface area (Å²) in [6.45, 7) is 4.17. The molecule has 0 bridgehead atoms. The summed E-state index contributed by atoms with van der Waals surface area (Å²) in [6.07, 6.45) is 1.23. The van der Waals surface area contributed by atoms with Crippen LogP contribution in [0.2, 0.25) is 0 Å². The number of rotatable bonds is 7.